The third-order valence-corrected chi connectivity index (χ3v) is 6.73. The Morgan fingerprint density at radius 1 is 0.938 bits per heavy atom. The first-order valence-corrected chi connectivity index (χ1v) is 11.3. The molecule has 0 amide bonds. The van der Waals surface area contributed by atoms with Crippen LogP contribution in [0.3, 0.4) is 0 Å². The molecule has 0 fully saturated rings. The largest absolute Gasteiger partial charge is 0.425 e. The smallest absolute Gasteiger partial charge is 0.372 e. The van der Waals surface area contributed by atoms with Crippen molar-refractivity contribution in [1.29, 1.82) is 0 Å². The van der Waals surface area contributed by atoms with E-state index in [1.807, 2.05) is 13.8 Å². The molecule has 0 aliphatic carbocycles. The standard InChI is InChI=1S/C23H23F3N2O3S/c1-17(2)16-28(32(30,31)21-8-4-3-5-9-21)20-12-10-18(11-13-20)22(29,23(24,25)26)19-7-6-14-27-15-19/h3-15,17,29H,16H2,1-2H3. The summed E-state index contributed by atoms with van der Waals surface area (Å²) in [6, 6.07) is 15.0. The van der Waals surface area contributed by atoms with E-state index in [1.54, 1.807) is 18.2 Å². The Balaban J connectivity index is 2.08. The molecule has 32 heavy (non-hydrogen) atoms. The van der Waals surface area contributed by atoms with E-state index in [2.05, 4.69) is 4.98 Å². The number of anilines is 1. The first-order valence-electron chi connectivity index (χ1n) is 9.86. The summed E-state index contributed by atoms with van der Waals surface area (Å²) in [6.45, 7) is 3.81. The summed E-state index contributed by atoms with van der Waals surface area (Å²) in [5, 5.41) is 10.7. The normalized spacial score (nSPS) is 14.2. The number of hydrogen-bond acceptors (Lipinski definition) is 4. The highest BCUT2D eigenvalue weighted by atomic mass is 32.2. The Hall–Kier alpha value is -2.91. The minimum absolute atomic E-state index is 0.0457. The zero-order valence-electron chi connectivity index (χ0n) is 17.5. The molecule has 0 aliphatic heterocycles. The molecular formula is C23H23F3N2O3S. The van der Waals surface area contributed by atoms with E-state index in [-0.39, 0.29) is 23.0 Å². The van der Waals surface area contributed by atoms with Crippen molar-refractivity contribution in [2.75, 3.05) is 10.8 Å². The van der Waals surface area contributed by atoms with Gasteiger partial charge >= 0.3 is 6.18 Å². The summed E-state index contributed by atoms with van der Waals surface area (Å²) in [7, 11) is -3.94. The molecule has 1 aromatic heterocycles. The summed E-state index contributed by atoms with van der Waals surface area (Å²) in [5.41, 5.74) is -3.97. The van der Waals surface area contributed by atoms with Gasteiger partial charge in [0.25, 0.3) is 10.0 Å². The molecule has 170 valence electrons. The maximum absolute atomic E-state index is 13.9. The fraction of sp³-hybridized carbons (Fsp3) is 0.261. The Labute approximate surface area is 185 Å². The highest BCUT2D eigenvalue weighted by Crippen LogP contribution is 2.44. The summed E-state index contributed by atoms with van der Waals surface area (Å²) in [4.78, 5) is 3.76. The van der Waals surface area contributed by atoms with Gasteiger partial charge in [-0.05, 0) is 41.8 Å². The van der Waals surface area contributed by atoms with E-state index in [1.165, 1.54) is 36.5 Å². The third-order valence-electron chi connectivity index (χ3n) is 4.92. The van der Waals surface area contributed by atoms with Crippen LogP contribution in [0.5, 0.6) is 0 Å². The van der Waals surface area contributed by atoms with Crippen molar-refractivity contribution in [2.45, 2.75) is 30.5 Å². The third kappa shape index (κ3) is 4.49. The van der Waals surface area contributed by atoms with Gasteiger partial charge in [-0.1, -0.05) is 50.2 Å². The molecule has 9 heteroatoms. The van der Waals surface area contributed by atoms with Gasteiger partial charge in [0.15, 0.2) is 0 Å². The van der Waals surface area contributed by atoms with E-state index < -0.39 is 32.9 Å². The van der Waals surface area contributed by atoms with E-state index >= 15 is 0 Å². The predicted octanol–water partition coefficient (Wildman–Crippen LogP) is 4.73. The molecule has 0 saturated heterocycles. The van der Waals surface area contributed by atoms with Crippen molar-refractivity contribution in [2.24, 2.45) is 5.92 Å². The molecule has 0 saturated carbocycles. The lowest BCUT2D eigenvalue weighted by atomic mass is 9.86. The summed E-state index contributed by atoms with van der Waals surface area (Å²) in [5.74, 6) is -0.0457. The van der Waals surface area contributed by atoms with Gasteiger partial charge < -0.3 is 5.11 Å². The lowest BCUT2D eigenvalue weighted by Gasteiger charge is -2.32. The molecule has 0 aliphatic rings. The fourth-order valence-corrected chi connectivity index (χ4v) is 4.98. The molecule has 0 radical (unpaired) electrons. The van der Waals surface area contributed by atoms with E-state index in [0.29, 0.717) is 0 Å². The van der Waals surface area contributed by atoms with E-state index in [9.17, 15) is 26.7 Å². The lowest BCUT2D eigenvalue weighted by Crippen LogP contribution is -2.43. The molecule has 0 bridgehead atoms. The van der Waals surface area contributed by atoms with E-state index in [0.717, 1.165) is 28.7 Å². The molecule has 1 atom stereocenters. The van der Waals surface area contributed by atoms with Crippen LogP contribution >= 0.6 is 0 Å². The maximum Gasteiger partial charge on any atom is 0.425 e. The van der Waals surface area contributed by atoms with Crippen LogP contribution in [0.15, 0.2) is 84.0 Å². The first-order chi connectivity index (χ1) is 15.0. The second-order valence-electron chi connectivity index (χ2n) is 7.74. The summed E-state index contributed by atoms with van der Waals surface area (Å²) >= 11 is 0. The Morgan fingerprint density at radius 2 is 1.56 bits per heavy atom. The SMILES string of the molecule is CC(C)CN(c1ccc(C(O)(c2cccnc2)C(F)(F)F)cc1)S(=O)(=O)c1ccccc1. The zero-order chi connectivity index (χ0) is 23.6. The number of rotatable bonds is 7. The number of aromatic nitrogens is 1. The van der Waals surface area contributed by atoms with Crippen LogP contribution in [0.25, 0.3) is 0 Å². The second-order valence-corrected chi connectivity index (χ2v) is 9.60. The van der Waals surface area contributed by atoms with Crippen molar-refractivity contribution in [1.82, 2.24) is 4.98 Å². The number of halogens is 3. The highest BCUT2D eigenvalue weighted by Gasteiger charge is 2.56. The van der Waals surface area contributed by atoms with Crippen LogP contribution in [0.1, 0.15) is 25.0 Å². The molecule has 1 heterocycles. The fourth-order valence-electron chi connectivity index (χ4n) is 3.33. The monoisotopic (exact) mass is 464 g/mol. The summed E-state index contributed by atoms with van der Waals surface area (Å²) < 4.78 is 69.4. The molecule has 3 rings (SSSR count). The van der Waals surface area contributed by atoms with Crippen molar-refractivity contribution in [3.63, 3.8) is 0 Å². The Morgan fingerprint density at radius 3 is 2.06 bits per heavy atom. The predicted molar refractivity (Wildman–Crippen MR) is 116 cm³/mol. The minimum Gasteiger partial charge on any atom is -0.372 e. The van der Waals surface area contributed by atoms with Crippen LogP contribution in [-0.4, -0.2) is 31.2 Å². The molecule has 1 unspecified atom stereocenters. The van der Waals surface area contributed by atoms with Crippen molar-refractivity contribution < 1.29 is 26.7 Å². The molecule has 0 spiro atoms. The number of nitrogens with zero attached hydrogens (tertiary/aromatic N) is 2. The van der Waals surface area contributed by atoms with Crippen molar-refractivity contribution in [3.8, 4) is 0 Å². The second kappa shape index (κ2) is 8.91. The molecule has 5 nitrogen and oxygen atoms in total. The average Bonchev–Trinajstić information content (AvgIpc) is 2.77. The van der Waals surface area contributed by atoms with Crippen molar-refractivity contribution >= 4 is 15.7 Å². The summed E-state index contributed by atoms with van der Waals surface area (Å²) in [6.07, 6.45) is -2.76. The minimum atomic E-state index is -5.02. The number of aliphatic hydroxyl groups is 1. The molecule has 3 aromatic rings. The number of sulfonamides is 1. The van der Waals surface area contributed by atoms with Gasteiger partial charge in [0.05, 0.1) is 10.6 Å². The van der Waals surface area contributed by atoms with Crippen LogP contribution in [-0.2, 0) is 15.6 Å². The van der Waals surface area contributed by atoms with Gasteiger partial charge in [-0.25, -0.2) is 8.42 Å². The van der Waals surface area contributed by atoms with Gasteiger partial charge in [-0.3, -0.25) is 9.29 Å². The van der Waals surface area contributed by atoms with Gasteiger partial charge in [0.2, 0.25) is 5.60 Å². The lowest BCUT2D eigenvalue weighted by molar-refractivity contribution is -0.248. The van der Waals surface area contributed by atoms with Crippen LogP contribution < -0.4 is 4.31 Å². The van der Waals surface area contributed by atoms with Crippen molar-refractivity contribution in [3.05, 3.63) is 90.3 Å². The topological polar surface area (TPSA) is 70.5 Å². The zero-order valence-corrected chi connectivity index (χ0v) is 18.3. The van der Waals surface area contributed by atoms with Gasteiger partial charge in [0, 0.05) is 24.5 Å². The quantitative estimate of drug-likeness (QED) is 0.549. The van der Waals surface area contributed by atoms with E-state index in [4.69, 9.17) is 0 Å². The number of benzene rings is 2. The maximum atomic E-state index is 13.9. The number of hydrogen-bond donors (Lipinski definition) is 1. The molecule has 1 N–H and O–H groups in total. The Bertz CT molecular complexity index is 1140. The first kappa shape index (κ1) is 23.7. The van der Waals surface area contributed by atoms with Gasteiger partial charge in [-0.15, -0.1) is 0 Å². The van der Waals surface area contributed by atoms with Crippen LogP contribution in [0.2, 0.25) is 0 Å². The molecule has 2 aromatic carbocycles. The average molecular weight is 465 g/mol. The number of pyridine rings is 1. The van der Waals surface area contributed by atoms with Crippen LogP contribution in [0.4, 0.5) is 18.9 Å². The van der Waals surface area contributed by atoms with Gasteiger partial charge in [-0.2, -0.15) is 13.2 Å². The van der Waals surface area contributed by atoms with Crippen LogP contribution in [0, 0.1) is 5.92 Å². The van der Waals surface area contributed by atoms with Gasteiger partial charge in [0.1, 0.15) is 0 Å². The molecular weight excluding hydrogens is 441 g/mol. The number of alkyl halides is 3. The Kier molecular flexibility index (Phi) is 6.61. The highest BCUT2D eigenvalue weighted by molar-refractivity contribution is 7.92.